The summed E-state index contributed by atoms with van der Waals surface area (Å²) in [5.41, 5.74) is 2.38. The van der Waals surface area contributed by atoms with Crippen molar-refractivity contribution in [1.29, 1.82) is 0 Å². The van der Waals surface area contributed by atoms with Crippen molar-refractivity contribution in [3.63, 3.8) is 0 Å². The van der Waals surface area contributed by atoms with E-state index in [4.69, 9.17) is 5.11 Å². The zero-order valence-corrected chi connectivity index (χ0v) is 12.7. The van der Waals surface area contributed by atoms with Crippen LogP contribution in [0.1, 0.15) is 48.0 Å². The Labute approximate surface area is 128 Å². The third-order valence-corrected chi connectivity index (χ3v) is 3.54. The minimum absolute atomic E-state index is 0.108. The van der Waals surface area contributed by atoms with Crippen LogP contribution in [-0.2, 0) is 4.79 Å². The normalized spacial score (nSPS) is 10.8. The van der Waals surface area contributed by atoms with Crippen LogP contribution in [0.25, 0.3) is 10.9 Å². The standard InChI is InChI=1S/C16H21N3O3/c1-11-8-12-10-18-19-15(12)13(9-11)16(22)17-7-5-3-2-4-6-14(20)21/h8-10H,2-7H2,1H3,(H,17,22)(H,18,19)(H,20,21). The number of aryl methyl sites for hydroxylation is 1. The summed E-state index contributed by atoms with van der Waals surface area (Å²) in [5.74, 6) is -0.861. The maximum absolute atomic E-state index is 12.3. The lowest BCUT2D eigenvalue weighted by Crippen LogP contribution is -2.24. The van der Waals surface area contributed by atoms with Crippen LogP contribution in [0, 0.1) is 6.92 Å². The van der Waals surface area contributed by atoms with E-state index < -0.39 is 5.97 Å². The molecule has 22 heavy (non-hydrogen) atoms. The van der Waals surface area contributed by atoms with E-state index in [9.17, 15) is 9.59 Å². The fourth-order valence-electron chi connectivity index (χ4n) is 2.44. The van der Waals surface area contributed by atoms with Crippen LogP contribution in [-0.4, -0.2) is 33.7 Å². The number of unbranched alkanes of at least 4 members (excludes halogenated alkanes) is 3. The zero-order chi connectivity index (χ0) is 15.9. The van der Waals surface area contributed by atoms with Gasteiger partial charge in [-0.05, 0) is 37.5 Å². The fraction of sp³-hybridized carbons (Fsp3) is 0.438. The van der Waals surface area contributed by atoms with E-state index in [1.165, 1.54) is 0 Å². The predicted octanol–water partition coefficient (Wildman–Crippen LogP) is 2.64. The van der Waals surface area contributed by atoms with Crippen LogP contribution in [0.15, 0.2) is 18.3 Å². The van der Waals surface area contributed by atoms with Gasteiger partial charge in [0.25, 0.3) is 5.91 Å². The number of benzene rings is 1. The molecule has 1 heterocycles. The van der Waals surface area contributed by atoms with E-state index >= 15 is 0 Å². The second-order valence-corrected chi connectivity index (χ2v) is 5.46. The first-order chi connectivity index (χ1) is 10.6. The average Bonchev–Trinajstić information content (AvgIpc) is 2.92. The van der Waals surface area contributed by atoms with Gasteiger partial charge in [0, 0.05) is 18.4 Å². The minimum atomic E-state index is -0.753. The number of hydrogen-bond acceptors (Lipinski definition) is 3. The molecular formula is C16H21N3O3. The fourth-order valence-corrected chi connectivity index (χ4v) is 2.44. The molecule has 0 unspecified atom stereocenters. The quantitative estimate of drug-likeness (QED) is 0.653. The second-order valence-electron chi connectivity index (χ2n) is 5.46. The number of nitrogens with zero attached hydrogens (tertiary/aromatic N) is 1. The van der Waals surface area contributed by atoms with Gasteiger partial charge >= 0.3 is 5.97 Å². The number of H-pyrrole nitrogens is 1. The van der Waals surface area contributed by atoms with Gasteiger partial charge in [-0.15, -0.1) is 0 Å². The van der Waals surface area contributed by atoms with Crippen molar-refractivity contribution in [3.05, 3.63) is 29.5 Å². The molecule has 0 spiro atoms. The summed E-state index contributed by atoms with van der Waals surface area (Å²) < 4.78 is 0. The van der Waals surface area contributed by atoms with Crippen molar-refractivity contribution in [2.45, 2.75) is 39.0 Å². The molecule has 0 radical (unpaired) electrons. The van der Waals surface area contributed by atoms with E-state index in [-0.39, 0.29) is 12.3 Å². The van der Waals surface area contributed by atoms with Gasteiger partial charge in [0.15, 0.2) is 0 Å². The molecule has 0 atom stereocenters. The topological polar surface area (TPSA) is 95.1 Å². The number of rotatable bonds is 8. The Kier molecular flexibility index (Phi) is 5.52. The van der Waals surface area contributed by atoms with Gasteiger partial charge in [-0.2, -0.15) is 5.10 Å². The van der Waals surface area contributed by atoms with Crippen molar-refractivity contribution in [3.8, 4) is 0 Å². The molecule has 6 heteroatoms. The molecule has 2 rings (SSSR count). The minimum Gasteiger partial charge on any atom is -0.481 e. The van der Waals surface area contributed by atoms with Crippen LogP contribution in [0.3, 0.4) is 0 Å². The third-order valence-electron chi connectivity index (χ3n) is 3.54. The van der Waals surface area contributed by atoms with E-state index in [0.29, 0.717) is 18.5 Å². The average molecular weight is 303 g/mol. The third kappa shape index (κ3) is 4.31. The van der Waals surface area contributed by atoms with Gasteiger partial charge in [-0.3, -0.25) is 14.7 Å². The molecule has 0 aliphatic carbocycles. The van der Waals surface area contributed by atoms with Crippen LogP contribution in [0.4, 0.5) is 0 Å². The monoisotopic (exact) mass is 303 g/mol. The lowest BCUT2D eigenvalue weighted by atomic mass is 10.1. The largest absolute Gasteiger partial charge is 0.481 e. The molecule has 3 N–H and O–H groups in total. The van der Waals surface area contributed by atoms with E-state index in [1.54, 1.807) is 6.20 Å². The number of carboxylic acid groups (broad SMARTS) is 1. The van der Waals surface area contributed by atoms with Crippen LogP contribution in [0.5, 0.6) is 0 Å². The maximum Gasteiger partial charge on any atom is 0.303 e. The van der Waals surface area contributed by atoms with Gasteiger partial charge in [-0.1, -0.05) is 12.8 Å². The Morgan fingerprint density at radius 3 is 2.77 bits per heavy atom. The SMILES string of the molecule is Cc1cc(C(=O)NCCCCCCC(=O)O)c2[nH]ncc2c1. The highest BCUT2D eigenvalue weighted by molar-refractivity contribution is 6.05. The number of fused-ring (bicyclic) bond motifs is 1. The van der Waals surface area contributed by atoms with Crippen molar-refractivity contribution >= 4 is 22.8 Å². The summed E-state index contributed by atoms with van der Waals surface area (Å²) in [6.07, 6.45) is 5.26. The highest BCUT2D eigenvalue weighted by atomic mass is 16.4. The molecule has 2 aromatic rings. The Morgan fingerprint density at radius 1 is 1.23 bits per heavy atom. The van der Waals surface area contributed by atoms with Crippen LogP contribution >= 0.6 is 0 Å². The molecule has 0 bridgehead atoms. The number of carbonyl (C=O) groups excluding carboxylic acids is 1. The zero-order valence-electron chi connectivity index (χ0n) is 12.7. The van der Waals surface area contributed by atoms with Crippen molar-refractivity contribution in [2.24, 2.45) is 0 Å². The van der Waals surface area contributed by atoms with E-state index in [0.717, 1.165) is 35.7 Å². The van der Waals surface area contributed by atoms with Gasteiger partial charge in [0.1, 0.15) is 0 Å². The summed E-state index contributed by atoms with van der Waals surface area (Å²) in [6.45, 7) is 2.54. The molecule has 6 nitrogen and oxygen atoms in total. The lowest BCUT2D eigenvalue weighted by molar-refractivity contribution is -0.137. The van der Waals surface area contributed by atoms with Crippen molar-refractivity contribution in [1.82, 2.24) is 15.5 Å². The molecule has 0 saturated carbocycles. The van der Waals surface area contributed by atoms with Crippen molar-refractivity contribution < 1.29 is 14.7 Å². The summed E-state index contributed by atoms with van der Waals surface area (Å²) in [5, 5.41) is 19.2. The first-order valence-corrected chi connectivity index (χ1v) is 7.51. The Morgan fingerprint density at radius 2 is 2.00 bits per heavy atom. The summed E-state index contributed by atoms with van der Waals surface area (Å²) in [6, 6.07) is 3.83. The summed E-state index contributed by atoms with van der Waals surface area (Å²) in [7, 11) is 0. The van der Waals surface area contributed by atoms with Crippen molar-refractivity contribution in [2.75, 3.05) is 6.54 Å². The van der Waals surface area contributed by atoms with Gasteiger partial charge in [-0.25, -0.2) is 0 Å². The number of hydrogen-bond donors (Lipinski definition) is 3. The first-order valence-electron chi connectivity index (χ1n) is 7.51. The number of aromatic nitrogens is 2. The van der Waals surface area contributed by atoms with E-state index in [1.807, 2.05) is 19.1 Å². The Hall–Kier alpha value is -2.37. The van der Waals surface area contributed by atoms with Gasteiger partial charge in [0.05, 0.1) is 17.3 Å². The molecule has 0 aliphatic rings. The number of aliphatic carboxylic acids is 1. The second kappa shape index (κ2) is 7.59. The smallest absolute Gasteiger partial charge is 0.303 e. The lowest BCUT2D eigenvalue weighted by Gasteiger charge is -2.07. The summed E-state index contributed by atoms with van der Waals surface area (Å²) in [4.78, 5) is 22.6. The molecule has 1 aromatic heterocycles. The van der Waals surface area contributed by atoms with E-state index in [2.05, 4.69) is 15.5 Å². The Balaban J connectivity index is 1.79. The molecule has 1 amide bonds. The molecule has 0 fully saturated rings. The highest BCUT2D eigenvalue weighted by Gasteiger charge is 2.11. The number of carboxylic acids is 1. The molecular weight excluding hydrogens is 282 g/mol. The highest BCUT2D eigenvalue weighted by Crippen LogP contribution is 2.18. The molecule has 1 aromatic carbocycles. The first kappa shape index (κ1) is 16.0. The molecule has 0 aliphatic heterocycles. The van der Waals surface area contributed by atoms with Gasteiger partial charge in [0.2, 0.25) is 0 Å². The molecule has 118 valence electrons. The van der Waals surface area contributed by atoms with Gasteiger partial charge < -0.3 is 10.4 Å². The predicted molar refractivity (Wildman–Crippen MR) is 83.9 cm³/mol. The number of amides is 1. The number of carbonyl (C=O) groups is 2. The number of nitrogens with one attached hydrogen (secondary N) is 2. The van der Waals surface area contributed by atoms with Crippen LogP contribution in [0.2, 0.25) is 0 Å². The Bertz CT molecular complexity index is 664. The van der Waals surface area contributed by atoms with Crippen LogP contribution < -0.4 is 5.32 Å². The maximum atomic E-state index is 12.3. The number of aromatic amines is 1. The summed E-state index contributed by atoms with van der Waals surface area (Å²) >= 11 is 0. The molecule has 0 saturated heterocycles.